The standard InChI is InChI=1S/C16H21NO3/c1-3-20-16(19)9-6-12-17-15(18)11-10-14-8-5-4-7-13(14)2/h4-5,7-8,10-11H,3,6,9,12H2,1-2H3,(H,17,18). The van der Waals surface area contributed by atoms with Crippen LogP contribution in [0.25, 0.3) is 6.08 Å². The molecule has 1 aromatic carbocycles. The molecule has 0 heterocycles. The number of carbonyl (C=O) groups excluding carboxylic acids is 2. The average molecular weight is 275 g/mol. The average Bonchev–Trinajstić information content (AvgIpc) is 2.43. The van der Waals surface area contributed by atoms with Crippen molar-refractivity contribution in [3.05, 3.63) is 41.5 Å². The summed E-state index contributed by atoms with van der Waals surface area (Å²) in [6, 6.07) is 7.85. The van der Waals surface area contributed by atoms with Crippen molar-refractivity contribution in [3.8, 4) is 0 Å². The Morgan fingerprint density at radius 3 is 2.75 bits per heavy atom. The molecule has 0 aliphatic carbocycles. The third kappa shape index (κ3) is 6.18. The number of amides is 1. The molecule has 0 aliphatic rings. The number of hydrogen-bond acceptors (Lipinski definition) is 3. The van der Waals surface area contributed by atoms with Gasteiger partial charge in [-0.15, -0.1) is 0 Å². The zero-order valence-corrected chi connectivity index (χ0v) is 12.0. The van der Waals surface area contributed by atoms with Crippen molar-refractivity contribution in [2.45, 2.75) is 26.7 Å². The van der Waals surface area contributed by atoms with Crippen molar-refractivity contribution in [2.24, 2.45) is 0 Å². The lowest BCUT2D eigenvalue weighted by molar-refractivity contribution is -0.143. The predicted octanol–water partition coefficient (Wildman–Crippen LogP) is 2.47. The Morgan fingerprint density at radius 2 is 2.05 bits per heavy atom. The predicted molar refractivity (Wildman–Crippen MR) is 79.1 cm³/mol. The number of rotatable bonds is 7. The van der Waals surface area contributed by atoms with Gasteiger partial charge in [0.1, 0.15) is 0 Å². The summed E-state index contributed by atoms with van der Waals surface area (Å²) in [4.78, 5) is 22.7. The van der Waals surface area contributed by atoms with E-state index in [2.05, 4.69) is 5.32 Å². The quantitative estimate of drug-likeness (QED) is 0.472. The Balaban J connectivity index is 2.27. The molecule has 0 fully saturated rings. The summed E-state index contributed by atoms with van der Waals surface area (Å²) in [6.07, 6.45) is 4.21. The molecule has 0 spiro atoms. The lowest BCUT2D eigenvalue weighted by Crippen LogP contribution is -2.22. The molecule has 0 radical (unpaired) electrons. The highest BCUT2D eigenvalue weighted by molar-refractivity contribution is 5.91. The first kappa shape index (κ1) is 16.0. The van der Waals surface area contributed by atoms with Gasteiger partial charge in [-0.05, 0) is 37.5 Å². The van der Waals surface area contributed by atoms with E-state index in [1.807, 2.05) is 31.2 Å². The van der Waals surface area contributed by atoms with Gasteiger partial charge in [-0.3, -0.25) is 9.59 Å². The molecule has 0 saturated heterocycles. The largest absolute Gasteiger partial charge is 0.466 e. The number of nitrogens with one attached hydrogen (secondary N) is 1. The Morgan fingerprint density at radius 1 is 1.30 bits per heavy atom. The van der Waals surface area contributed by atoms with Gasteiger partial charge in [-0.25, -0.2) is 0 Å². The van der Waals surface area contributed by atoms with Crippen LogP contribution in [-0.2, 0) is 14.3 Å². The maximum absolute atomic E-state index is 11.6. The molecule has 1 rings (SSSR count). The first-order valence-electron chi connectivity index (χ1n) is 6.80. The smallest absolute Gasteiger partial charge is 0.305 e. The molecule has 0 atom stereocenters. The lowest BCUT2D eigenvalue weighted by atomic mass is 10.1. The highest BCUT2D eigenvalue weighted by Gasteiger charge is 2.01. The van der Waals surface area contributed by atoms with Crippen LogP contribution in [0.5, 0.6) is 0 Å². The summed E-state index contributed by atoms with van der Waals surface area (Å²) in [5, 5.41) is 2.74. The Kier molecular flexibility index (Phi) is 7.11. The van der Waals surface area contributed by atoms with E-state index < -0.39 is 0 Å². The second kappa shape index (κ2) is 8.91. The maximum atomic E-state index is 11.6. The molecule has 1 aromatic rings. The third-order valence-corrected chi connectivity index (χ3v) is 2.76. The van der Waals surface area contributed by atoms with Crippen LogP contribution < -0.4 is 5.32 Å². The van der Waals surface area contributed by atoms with Crippen LogP contribution in [0.2, 0.25) is 0 Å². The van der Waals surface area contributed by atoms with E-state index in [0.29, 0.717) is 26.0 Å². The first-order chi connectivity index (χ1) is 9.63. The van der Waals surface area contributed by atoms with E-state index >= 15 is 0 Å². The van der Waals surface area contributed by atoms with Gasteiger partial charge < -0.3 is 10.1 Å². The Bertz CT molecular complexity index is 480. The fourth-order valence-corrected chi connectivity index (χ4v) is 1.68. The number of carbonyl (C=O) groups is 2. The van der Waals surface area contributed by atoms with Crippen LogP contribution in [0.15, 0.2) is 30.3 Å². The topological polar surface area (TPSA) is 55.4 Å². The van der Waals surface area contributed by atoms with Crippen LogP contribution in [-0.4, -0.2) is 25.0 Å². The first-order valence-corrected chi connectivity index (χ1v) is 6.80. The minimum Gasteiger partial charge on any atom is -0.466 e. The SMILES string of the molecule is CCOC(=O)CCCNC(=O)C=Cc1ccccc1C. The van der Waals surface area contributed by atoms with E-state index in [9.17, 15) is 9.59 Å². The second-order valence-corrected chi connectivity index (χ2v) is 4.39. The molecule has 108 valence electrons. The van der Waals surface area contributed by atoms with Crippen molar-refractivity contribution in [3.63, 3.8) is 0 Å². The fourth-order valence-electron chi connectivity index (χ4n) is 1.68. The summed E-state index contributed by atoms with van der Waals surface area (Å²) in [5.41, 5.74) is 2.15. The van der Waals surface area contributed by atoms with Crippen molar-refractivity contribution in [1.29, 1.82) is 0 Å². The van der Waals surface area contributed by atoms with Crippen LogP contribution in [0.3, 0.4) is 0 Å². The summed E-state index contributed by atoms with van der Waals surface area (Å²) in [7, 11) is 0. The molecule has 0 bridgehead atoms. The Hall–Kier alpha value is -2.10. The maximum Gasteiger partial charge on any atom is 0.305 e. The summed E-state index contributed by atoms with van der Waals surface area (Å²) < 4.78 is 4.80. The van der Waals surface area contributed by atoms with Gasteiger partial charge in [0, 0.05) is 19.0 Å². The van der Waals surface area contributed by atoms with Crippen LogP contribution in [0.1, 0.15) is 30.9 Å². The lowest BCUT2D eigenvalue weighted by Gasteiger charge is -2.03. The molecule has 0 unspecified atom stereocenters. The van der Waals surface area contributed by atoms with Crippen LogP contribution in [0, 0.1) is 6.92 Å². The van der Waals surface area contributed by atoms with Crippen molar-refractivity contribution >= 4 is 18.0 Å². The molecule has 1 amide bonds. The molecule has 4 heteroatoms. The van der Waals surface area contributed by atoms with Gasteiger partial charge >= 0.3 is 5.97 Å². The van der Waals surface area contributed by atoms with E-state index in [-0.39, 0.29) is 11.9 Å². The Labute approximate surface area is 119 Å². The highest BCUT2D eigenvalue weighted by atomic mass is 16.5. The molecule has 0 aliphatic heterocycles. The number of esters is 1. The van der Waals surface area contributed by atoms with Gasteiger partial charge in [0.2, 0.25) is 5.91 Å². The van der Waals surface area contributed by atoms with E-state index in [4.69, 9.17) is 4.74 Å². The third-order valence-electron chi connectivity index (χ3n) is 2.76. The van der Waals surface area contributed by atoms with Crippen LogP contribution in [0.4, 0.5) is 0 Å². The number of ether oxygens (including phenoxy) is 1. The zero-order chi connectivity index (χ0) is 14.8. The number of benzene rings is 1. The van der Waals surface area contributed by atoms with Gasteiger partial charge in [-0.2, -0.15) is 0 Å². The zero-order valence-electron chi connectivity index (χ0n) is 12.0. The number of hydrogen-bond donors (Lipinski definition) is 1. The normalized spacial score (nSPS) is 10.5. The van der Waals surface area contributed by atoms with Gasteiger partial charge in [0.25, 0.3) is 0 Å². The van der Waals surface area contributed by atoms with E-state index in [0.717, 1.165) is 11.1 Å². The number of aryl methyl sites for hydroxylation is 1. The molecule has 0 aromatic heterocycles. The van der Waals surface area contributed by atoms with Crippen molar-refractivity contribution in [2.75, 3.05) is 13.2 Å². The van der Waals surface area contributed by atoms with E-state index in [1.165, 1.54) is 6.08 Å². The molecule has 4 nitrogen and oxygen atoms in total. The molecule has 1 N–H and O–H groups in total. The molecule has 0 saturated carbocycles. The van der Waals surface area contributed by atoms with Gasteiger partial charge in [-0.1, -0.05) is 24.3 Å². The van der Waals surface area contributed by atoms with Crippen LogP contribution >= 0.6 is 0 Å². The monoisotopic (exact) mass is 275 g/mol. The molecular weight excluding hydrogens is 254 g/mol. The summed E-state index contributed by atoms with van der Waals surface area (Å²) >= 11 is 0. The minimum absolute atomic E-state index is 0.155. The highest BCUT2D eigenvalue weighted by Crippen LogP contribution is 2.08. The molecular formula is C16H21NO3. The van der Waals surface area contributed by atoms with Gasteiger partial charge in [0.15, 0.2) is 0 Å². The second-order valence-electron chi connectivity index (χ2n) is 4.39. The van der Waals surface area contributed by atoms with Gasteiger partial charge in [0.05, 0.1) is 6.61 Å². The van der Waals surface area contributed by atoms with Crippen molar-refractivity contribution in [1.82, 2.24) is 5.32 Å². The van der Waals surface area contributed by atoms with E-state index in [1.54, 1.807) is 13.0 Å². The summed E-state index contributed by atoms with van der Waals surface area (Å²) in [6.45, 7) is 4.63. The minimum atomic E-state index is -0.225. The molecule has 20 heavy (non-hydrogen) atoms. The van der Waals surface area contributed by atoms with Crippen molar-refractivity contribution < 1.29 is 14.3 Å². The summed E-state index contributed by atoms with van der Waals surface area (Å²) in [5.74, 6) is -0.380. The fraction of sp³-hybridized carbons (Fsp3) is 0.375.